The maximum atomic E-state index is 12.2. The Hall–Kier alpha value is -2.81. The summed E-state index contributed by atoms with van der Waals surface area (Å²) in [4.78, 5) is 24.3. The number of esters is 1. The van der Waals surface area contributed by atoms with Gasteiger partial charge in [0.15, 0.2) is 0 Å². The molecule has 0 spiro atoms. The van der Waals surface area contributed by atoms with Gasteiger partial charge in [-0.1, -0.05) is 23.5 Å². The Kier molecular flexibility index (Phi) is 3.32. The summed E-state index contributed by atoms with van der Waals surface area (Å²) < 4.78 is 6.08. The quantitative estimate of drug-likeness (QED) is 0.731. The third-order valence-electron chi connectivity index (χ3n) is 2.66. The number of ether oxygens (including phenoxy) is 1. The van der Waals surface area contributed by atoms with Crippen molar-refractivity contribution in [3.63, 3.8) is 0 Å². The third kappa shape index (κ3) is 2.46. The Morgan fingerprint density at radius 3 is 2.90 bits per heavy atom. The summed E-state index contributed by atoms with van der Waals surface area (Å²) >= 11 is 1.10. The number of para-hydroxylation sites is 1. The van der Waals surface area contributed by atoms with E-state index in [0.717, 1.165) is 11.3 Å². The zero-order chi connectivity index (χ0) is 14.8. The molecule has 3 rings (SSSR count). The molecule has 9 heteroatoms. The molecule has 0 saturated heterocycles. The SMILES string of the molecule is COC(=O)c1ccccc1NC(=O)c1nn2cnnc2s1. The summed E-state index contributed by atoms with van der Waals surface area (Å²) in [6, 6.07) is 6.58. The van der Waals surface area contributed by atoms with Gasteiger partial charge in [0.1, 0.15) is 6.33 Å². The summed E-state index contributed by atoms with van der Waals surface area (Å²) in [5, 5.41) is 14.4. The molecule has 0 radical (unpaired) electrons. The summed E-state index contributed by atoms with van der Waals surface area (Å²) in [6.07, 6.45) is 1.41. The van der Waals surface area contributed by atoms with Crippen molar-refractivity contribution in [2.24, 2.45) is 0 Å². The topological polar surface area (TPSA) is 98.5 Å². The maximum Gasteiger partial charge on any atom is 0.339 e. The van der Waals surface area contributed by atoms with E-state index in [1.807, 2.05) is 0 Å². The van der Waals surface area contributed by atoms with Gasteiger partial charge in [0.05, 0.1) is 18.4 Å². The molecular formula is C12H9N5O3S. The first-order valence-corrected chi connectivity index (χ1v) is 6.66. The first-order valence-electron chi connectivity index (χ1n) is 5.84. The number of methoxy groups -OCH3 is 1. The number of nitrogens with zero attached hydrogens (tertiary/aromatic N) is 4. The fraction of sp³-hybridized carbons (Fsp3) is 0.0833. The lowest BCUT2D eigenvalue weighted by Crippen LogP contribution is -2.15. The molecule has 1 N–H and O–H groups in total. The second-order valence-corrected chi connectivity index (χ2v) is 4.91. The number of fused-ring (bicyclic) bond motifs is 1. The fourth-order valence-corrected chi connectivity index (χ4v) is 2.42. The molecule has 8 nitrogen and oxygen atoms in total. The first-order chi connectivity index (χ1) is 10.2. The Morgan fingerprint density at radius 2 is 2.14 bits per heavy atom. The van der Waals surface area contributed by atoms with Gasteiger partial charge in [-0.15, -0.1) is 15.3 Å². The number of anilines is 1. The number of nitrogens with one attached hydrogen (secondary N) is 1. The molecule has 2 aromatic heterocycles. The molecule has 3 aromatic rings. The summed E-state index contributed by atoms with van der Waals surface area (Å²) in [5.74, 6) is -0.953. The number of hydrogen-bond donors (Lipinski definition) is 1. The van der Waals surface area contributed by atoms with Crippen molar-refractivity contribution in [1.82, 2.24) is 19.8 Å². The average molecular weight is 303 g/mol. The molecule has 0 aliphatic rings. The van der Waals surface area contributed by atoms with Crippen LogP contribution in [0, 0.1) is 0 Å². The Morgan fingerprint density at radius 1 is 1.33 bits per heavy atom. The second-order valence-electron chi connectivity index (χ2n) is 3.96. The highest BCUT2D eigenvalue weighted by molar-refractivity contribution is 7.18. The van der Waals surface area contributed by atoms with Crippen LogP contribution in [0.25, 0.3) is 4.96 Å². The van der Waals surface area contributed by atoms with Crippen LogP contribution in [0.5, 0.6) is 0 Å². The van der Waals surface area contributed by atoms with Gasteiger partial charge in [0.25, 0.3) is 5.91 Å². The monoisotopic (exact) mass is 303 g/mol. The third-order valence-corrected chi connectivity index (χ3v) is 3.57. The van der Waals surface area contributed by atoms with Gasteiger partial charge in [-0.2, -0.15) is 4.52 Å². The van der Waals surface area contributed by atoms with Crippen LogP contribution < -0.4 is 5.32 Å². The normalized spacial score (nSPS) is 10.5. The largest absolute Gasteiger partial charge is 0.465 e. The number of rotatable bonds is 3. The van der Waals surface area contributed by atoms with Crippen LogP contribution in [-0.4, -0.2) is 38.8 Å². The Bertz CT molecular complexity index is 797. The standard InChI is InChI=1S/C12H9N5O3S/c1-20-11(19)7-4-2-3-5-8(7)14-9(18)10-16-17-6-13-15-12(17)21-10/h2-6H,1H3,(H,14,18). The number of carbonyl (C=O) groups is 2. The van der Waals surface area contributed by atoms with Crippen LogP contribution in [0.3, 0.4) is 0 Å². The van der Waals surface area contributed by atoms with Crippen molar-refractivity contribution in [1.29, 1.82) is 0 Å². The summed E-state index contributed by atoms with van der Waals surface area (Å²) in [7, 11) is 1.28. The summed E-state index contributed by atoms with van der Waals surface area (Å²) in [5.41, 5.74) is 0.636. The first kappa shape index (κ1) is 13.2. The molecule has 2 heterocycles. The fourth-order valence-electron chi connectivity index (χ4n) is 1.71. The van der Waals surface area contributed by atoms with E-state index in [4.69, 9.17) is 0 Å². The maximum absolute atomic E-state index is 12.2. The Balaban J connectivity index is 1.88. The van der Waals surface area contributed by atoms with E-state index < -0.39 is 11.9 Å². The van der Waals surface area contributed by atoms with Crippen LogP contribution in [0.2, 0.25) is 0 Å². The van der Waals surface area contributed by atoms with Crippen LogP contribution >= 0.6 is 11.3 Å². The molecule has 106 valence electrons. The van der Waals surface area contributed by atoms with Crippen molar-refractivity contribution in [2.75, 3.05) is 12.4 Å². The highest BCUT2D eigenvalue weighted by atomic mass is 32.1. The van der Waals surface area contributed by atoms with Crippen LogP contribution in [0.15, 0.2) is 30.6 Å². The zero-order valence-electron chi connectivity index (χ0n) is 10.8. The molecule has 0 saturated carbocycles. The second kappa shape index (κ2) is 5.29. The highest BCUT2D eigenvalue weighted by Gasteiger charge is 2.17. The van der Waals surface area contributed by atoms with Crippen LogP contribution in [0.4, 0.5) is 5.69 Å². The molecule has 0 aliphatic carbocycles. The van der Waals surface area contributed by atoms with Gasteiger partial charge in [0, 0.05) is 0 Å². The molecule has 0 bridgehead atoms. The molecule has 0 fully saturated rings. The molecule has 21 heavy (non-hydrogen) atoms. The van der Waals surface area contributed by atoms with Crippen LogP contribution in [-0.2, 0) is 4.74 Å². The molecule has 0 atom stereocenters. The van der Waals surface area contributed by atoms with Crippen molar-refractivity contribution < 1.29 is 14.3 Å². The molecule has 1 aromatic carbocycles. The minimum absolute atomic E-state index is 0.222. The van der Waals surface area contributed by atoms with E-state index in [0.29, 0.717) is 10.6 Å². The lowest BCUT2D eigenvalue weighted by molar-refractivity contribution is 0.0602. The van der Waals surface area contributed by atoms with E-state index in [9.17, 15) is 9.59 Å². The minimum atomic E-state index is -0.524. The van der Waals surface area contributed by atoms with Gasteiger partial charge in [-0.3, -0.25) is 4.79 Å². The van der Waals surface area contributed by atoms with Crippen molar-refractivity contribution in [3.05, 3.63) is 41.2 Å². The number of aromatic nitrogens is 4. The predicted octanol–water partition coefficient (Wildman–Crippen LogP) is 1.22. The van der Waals surface area contributed by atoms with Gasteiger partial charge in [0.2, 0.25) is 9.97 Å². The van der Waals surface area contributed by atoms with Crippen molar-refractivity contribution in [2.45, 2.75) is 0 Å². The molecule has 1 amide bonds. The Labute approximate surface area is 122 Å². The molecule has 0 unspecified atom stereocenters. The molecule has 0 aliphatic heterocycles. The number of carbonyl (C=O) groups excluding carboxylic acids is 2. The lowest BCUT2D eigenvalue weighted by Gasteiger charge is -2.07. The van der Waals surface area contributed by atoms with E-state index in [2.05, 4.69) is 25.3 Å². The number of benzene rings is 1. The highest BCUT2D eigenvalue weighted by Crippen LogP contribution is 2.18. The van der Waals surface area contributed by atoms with Gasteiger partial charge < -0.3 is 10.1 Å². The zero-order valence-corrected chi connectivity index (χ0v) is 11.6. The van der Waals surface area contributed by atoms with Crippen LogP contribution in [0.1, 0.15) is 20.2 Å². The lowest BCUT2D eigenvalue weighted by atomic mass is 10.2. The van der Waals surface area contributed by atoms with Gasteiger partial charge in [-0.05, 0) is 12.1 Å². The van der Waals surface area contributed by atoms with Gasteiger partial charge in [-0.25, -0.2) is 4.79 Å². The number of amides is 1. The average Bonchev–Trinajstić information content (AvgIpc) is 3.08. The van der Waals surface area contributed by atoms with E-state index in [1.54, 1.807) is 24.3 Å². The number of hydrogen-bond acceptors (Lipinski definition) is 7. The predicted molar refractivity (Wildman–Crippen MR) is 74.4 cm³/mol. The smallest absolute Gasteiger partial charge is 0.339 e. The van der Waals surface area contributed by atoms with E-state index in [1.165, 1.54) is 18.0 Å². The van der Waals surface area contributed by atoms with E-state index >= 15 is 0 Å². The van der Waals surface area contributed by atoms with Crippen molar-refractivity contribution in [3.8, 4) is 0 Å². The van der Waals surface area contributed by atoms with E-state index in [-0.39, 0.29) is 10.6 Å². The summed E-state index contributed by atoms with van der Waals surface area (Å²) in [6.45, 7) is 0. The molecular weight excluding hydrogens is 294 g/mol. The van der Waals surface area contributed by atoms with Gasteiger partial charge >= 0.3 is 5.97 Å². The van der Waals surface area contributed by atoms with Crippen molar-refractivity contribution >= 4 is 33.9 Å². The minimum Gasteiger partial charge on any atom is -0.465 e.